The fourth-order valence-corrected chi connectivity index (χ4v) is 3.67. The van der Waals surface area contributed by atoms with Gasteiger partial charge in [-0.15, -0.1) is 0 Å². The molecule has 0 N–H and O–H groups in total. The molecule has 1 aliphatic rings. The highest BCUT2D eigenvalue weighted by Crippen LogP contribution is 2.48. The van der Waals surface area contributed by atoms with Crippen molar-refractivity contribution in [2.75, 3.05) is 0 Å². The van der Waals surface area contributed by atoms with E-state index in [-0.39, 0.29) is 0 Å². The highest BCUT2D eigenvalue weighted by Gasteiger charge is 2.24. The third-order valence-electron chi connectivity index (χ3n) is 4.64. The van der Waals surface area contributed by atoms with Gasteiger partial charge in [-0.3, -0.25) is 0 Å². The van der Waals surface area contributed by atoms with Gasteiger partial charge in [0.25, 0.3) is 0 Å². The van der Waals surface area contributed by atoms with Crippen LogP contribution in [0, 0.1) is 0 Å². The summed E-state index contributed by atoms with van der Waals surface area (Å²) in [6.07, 6.45) is 0. The Balaban J connectivity index is 2.26. The smallest absolute Gasteiger partial charge is 0.00141 e. The zero-order valence-electron chi connectivity index (χ0n) is 11.0. The van der Waals surface area contributed by atoms with Gasteiger partial charge in [0.2, 0.25) is 0 Å². The van der Waals surface area contributed by atoms with Crippen molar-refractivity contribution in [3.8, 4) is 0 Å². The van der Waals surface area contributed by atoms with Crippen LogP contribution < -0.4 is 0 Å². The van der Waals surface area contributed by atoms with Crippen molar-refractivity contribution in [1.29, 1.82) is 0 Å². The van der Waals surface area contributed by atoms with Crippen LogP contribution in [0.3, 0.4) is 0 Å². The molecule has 0 amide bonds. The summed E-state index contributed by atoms with van der Waals surface area (Å²) < 4.78 is 0. The molecule has 92 valence electrons. The van der Waals surface area contributed by atoms with Crippen LogP contribution in [0.5, 0.6) is 0 Å². The van der Waals surface area contributed by atoms with Crippen LogP contribution >= 0.6 is 0 Å². The first-order chi connectivity index (χ1) is 9.75. The average molecular weight is 252 g/mol. The Kier molecular flexibility index (Phi) is 1.59. The molecule has 0 heteroatoms. The minimum absolute atomic E-state index is 1.07. The quantitative estimate of drug-likeness (QED) is 0.356. The van der Waals surface area contributed by atoms with Gasteiger partial charge in [-0.25, -0.2) is 0 Å². The Morgan fingerprint density at radius 3 is 2.05 bits per heavy atom. The van der Waals surface area contributed by atoms with Crippen LogP contribution in [0.25, 0.3) is 43.5 Å². The summed E-state index contributed by atoms with van der Waals surface area (Å²) in [6.45, 7) is 8.45. The monoisotopic (exact) mass is 252 g/mol. The van der Waals surface area contributed by atoms with Crippen molar-refractivity contribution >= 4 is 43.5 Å². The van der Waals surface area contributed by atoms with E-state index in [9.17, 15) is 0 Å². The molecule has 0 nitrogen and oxygen atoms in total. The Hall–Kier alpha value is -2.60. The molecule has 4 aromatic carbocycles. The first-order valence-electron chi connectivity index (χ1n) is 6.85. The Bertz CT molecular complexity index is 1060. The van der Waals surface area contributed by atoms with Crippen molar-refractivity contribution < 1.29 is 0 Å². The van der Waals surface area contributed by atoms with E-state index in [0.29, 0.717) is 0 Å². The topological polar surface area (TPSA) is 0 Å². The molecule has 0 radical (unpaired) electrons. The molecule has 0 atom stereocenters. The van der Waals surface area contributed by atoms with Crippen molar-refractivity contribution in [3.05, 3.63) is 72.8 Å². The van der Waals surface area contributed by atoms with Crippen LogP contribution in [0.4, 0.5) is 0 Å². The number of allylic oxidation sites excluding steroid dienone is 2. The highest BCUT2D eigenvalue weighted by atomic mass is 14.3. The lowest BCUT2D eigenvalue weighted by molar-refractivity contribution is 1.76. The molecule has 0 bridgehead atoms. The molecule has 0 heterocycles. The summed E-state index contributed by atoms with van der Waals surface area (Å²) in [5.41, 5.74) is 4.63. The molecule has 0 spiro atoms. The Labute approximate surface area is 117 Å². The first kappa shape index (κ1) is 10.2. The van der Waals surface area contributed by atoms with Crippen molar-refractivity contribution in [2.45, 2.75) is 0 Å². The van der Waals surface area contributed by atoms with E-state index in [1.165, 1.54) is 43.4 Å². The summed E-state index contributed by atoms with van der Waals surface area (Å²) >= 11 is 0. The maximum atomic E-state index is 4.23. The zero-order valence-corrected chi connectivity index (χ0v) is 11.0. The number of hydrogen-bond acceptors (Lipinski definition) is 0. The van der Waals surface area contributed by atoms with Gasteiger partial charge < -0.3 is 0 Å². The lowest BCUT2D eigenvalue weighted by atomic mass is 9.91. The minimum Gasteiger partial charge on any atom is -0.0905 e. The Morgan fingerprint density at radius 2 is 1.20 bits per heavy atom. The Morgan fingerprint density at radius 1 is 0.550 bits per heavy atom. The molecule has 5 rings (SSSR count). The third-order valence-corrected chi connectivity index (χ3v) is 4.64. The van der Waals surface area contributed by atoms with E-state index >= 15 is 0 Å². The SMILES string of the molecule is C=C1C(=C)c2cc3cccc4ccc5ccc1c2c5c43. The van der Waals surface area contributed by atoms with Crippen LogP contribution in [0.1, 0.15) is 11.1 Å². The zero-order chi connectivity index (χ0) is 13.4. The van der Waals surface area contributed by atoms with E-state index in [1.807, 2.05) is 0 Å². The average Bonchev–Trinajstić information content (AvgIpc) is 2.73. The summed E-state index contributed by atoms with van der Waals surface area (Å²) in [6, 6.07) is 17.6. The molecular formula is C20H12. The first-order valence-corrected chi connectivity index (χ1v) is 6.85. The van der Waals surface area contributed by atoms with Crippen molar-refractivity contribution in [2.24, 2.45) is 0 Å². The molecule has 0 unspecified atom stereocenters. The fraction of sp³-hybridized carbons (Fsp3) is 0. The summed E-state index contributed by atoms with van der Waals surface area (Å²) in [4.78, 5) is 0. The number of benzene rings is 4. The van der Waals surface area contributed by atoms with Gasteiger partial charge >= 0.3 is 0 Å². The second-order valence-electron chi connectivity index (χ2n) is 5.61. The summed E-state index contributed by atoms with van der Waals surface area (Å²) in [7, 11) is 0. The van der Waals surface area contributed by atoms with Crippen LogP contribution in [0.15, 0.2) is 61.7 Å². The van der Waals surface area contributed by atoms with Crippen molar-refractivity contribution in [3.63, 3.8) is 0 Å². The van der Waals surface area contributed by atoms with Gasteiger partial charge in [0.15, 0.2) is 0 Å². The standard InChI is InChI=1S/C20H12/c1-11-12(2)17-10-15-5-3-4-13-6-7-14-8-9-16(11)20(17)19(14)18(13)15/h3-10H,1-2H2. The predicted octanol–water partition coefficient (Wildman–Crippen LogP) is 5.62. The van der Waals surface area contributed by atoms with Crippen molar-refractivity contribution in [1.82, 2.24) is 0 Å². The largest absolute Gasteiger partial charge is 0.0905 e. The third kappa shape index (κ3) is 0.969. The van der Waals surface area contributed by atoms with Gasteiger partial charge in [-0.1, -0.05) is 55.6 Å². The highest BCUT2D eigenvalue weighted by molar-refractivity contribution is 6.32. The maximum absolute atomic E-state index is 4.23. The second-order valence-corrected chi connectivity index (χ2v) is 5.61. The predicted molar refractivity (Wildman–Crippen MR) is 88.2 cm³/mol. The summed E-state index contributed by atoms with van der Waals surface area (Å²) in [5.74, 6) is 0. The molecule has 1 aliphatic carbocycles. The van der Waals surface area contributed by atoms with Gasteiger partial charge in [0.05, 0.1) is 0 Å². The molecule has 0 aromatic heterocycles. The minimum atomic E-state index is 1.07. The van der Waals surface area contributed by atoms with E-state index in [1.54, 1.807) is 0 Å². The van der Waals surface area contributed by atoms with Gasteiger partial charge in [0, 0.05) is 0 Å². The van der Waals surface area contributed by atoms with Gasteiger partial charge in [-0.2, -0.15) is 0 Å². The molecule has 20 heavy (non-hydrogen) atoms. The molecule has 0 saturated carbocycles. The number of rotatable bonds is 0. The lowest BCUT2D eigenvalue weighted by Gasteiger charge is -2.12. The normalized spacial score (nSPS) is 14.2. The van der Waals surface area contributed by atoms with Crippen LogP contribution in [-0.2, 0) is 0 Å². The molecule has 0 fully saturated rings. The maximum Gasteiger partial charge on any atom is -0.00141 e. The molecule has 4 aromatic rings. The number of hydrogen-bond donors (Lipinski definition) is 0. The van der Waals surface area contributed by atoms with Gasteiger partial charge in [-0.05, 0) is 60.7 Å². The van der Waals surface area contributed by atoms with E-state index in [2.05, 4.69) is 61.7 Å². The van der Waals surface area contributed by atoms with E-state index < -0.39 is 0 Å². The molecule has 0 aliphatic heterocycles. The van der Waals surface area contributed by atoms with E-state index in [0.717, 1.165) is 11.1 Å². The molecule has 0 saturated heterocycles. The lowest BCUT2D eigenvalue weighted by Crippen LogP contribution is -1.86. The van der Waals surface area contributed by atoms with Gasteiger partial charge in [0.1, 0.15) is 0 Å². The second kappa shape index (κ2) is 3.10. The van der Waals surface area contributed by atoms with E-state index in [4.69, 9.17) is 0 Å². The fourth-order valence-electron chi connectivity index (χ4n) is 3.67. The van der Waals surface area contributed by atoms with Crippen LogP contribution in [0.2, 0.25) is 0 Å². The summed E-state index contributed by atoms with van der Waals surface area (Å²) in [5, 5.41) is 7.98. The molecular weight excluding hydrogens is 240 g/mol. The van der Waals surface area contributed by atoms with Crippen LogP contribution in [-0.4, -0.2) is 0 Å².